The first-order valence-corrected chi connectivity index (χ1v) is 13.2. The van der Waals surface area contributed by atoms with E-state index in [-0.39, 0.29) is 23.1 Å². The lowest BCUT2D eigenvalue weighted by Crippen LogP contribution is -2.58. The molecule has 5 nitrogen and oxygen atoms in total. The fraction of sp³-hybridized carbons (Fsp3) is 0.714. The lowest BCUT2D eigenvalue weighted by molar-refractivity contribution is -0.149. The molecule has 0 saturated heterocycles. The van der Waals surface area contributed by atoms with Crippen LogP contribution in [0.5, 0.6) is 0 Å². The number of rotatable bonds is 10. The Hall–Kier alpha value is -1.88. The molecule has 0 aliphatic heterocycles. The SMILES string of the molecule is CCN(CC)Cc1ccccc1CNC(=O)[C@H](NC(=O)C12CC3CC(CC(C3)C1)C2)C(C)C. The number of hydrogen-bond donors (Lipinski definition) is 2. The molecule has 4 bridgehead atoms. The van der Waals surface area contributed by atoms with Crippen LogP contribution in [0.25, 0.3) is 0 Å². The summed E-state index contributed by atoms with van der Waals surface area (Å²) in [6.07, 6.45) is 7.01. The van der Waals surface area contributed by atoms with Gasteiger partial charge >= 0.3 is 0 Å². The number of carbonyl (C=O) groups is 2. The highest BCUT2D eigenvalue weighted by atomic mass is 16.2. The van der Waals surface area contributed by atoms with Crippen molar-refractivity contribution in [3.63, 3.8) is 0 Å². The first kappa shape index (κ1) is 24.3. The fourth-order valence-corrected chi connectivity index (χ4v) is 7.08. The van der Waals surface area contributed by atoms with E-state index >= 15 is 0 Å². The average Bonchev–Trinajstić information content (AvgIpc) is 2.78. The van der Waals surface area contributed by atoms with Crippen molar-refractivity contribution in [3.05, 3.63) is 35.4 Å². The van der Waals surface area contributed by atoms with Gasteiger partial charge in [0.1, 0.15) is 6.04 Å². The van der Waals surface area contributed by atoms with Gasteiger partial charge in [-0.1, -0.05) is 52.0 Å². The van der Waals surface area contributed by atoms with Crippen LogP contribution in [0.4, 0.5) is 0 Å². The van der Waals surface area contributed by atoms with Crippen molar-refractivity contribution in [3.8, 4) is 0 Å². The lowest BCUT2D eigenvalue weighted by atomic mass is 9.49. The van der Waals surface area contributed by atoms with Crippen molar-refractivity contribution >= 4 is 11.8 Å². The molecule has 0 aromatic heterocycles. The highest BCUT2D eigenvalue weighted by Gasteiger charge is 2.55. The van der Waals surface area contributed by atoms with Gasteiger partial charge in [0.15, 0.2) is 0 Å². The summed E-state index contributed by atoms with van der Waals surface area (Å²) in [6.45, 7) is 11.8. The van der Waals surface area contributed by atoms with Gasteiger partial charge in [-0.2, -0.15) is 0 Å². The minimum absolute atomic E-state index is 0.0498. The van der Waals surface area contributed by atoms with Gasteiger partial charge in [0, 0.05) is 18.5 Å². The normalized spacial score (nSPS) is 28.8. The smallest absolute Gasteiger partial charge is 0.243 e. The van der Waals surface area contributed by atoms with Crippen LogP contribution < -0.4 is 10.6 Å². The maximum absolute atomic E-state index is 13.5. The Morgan fingerprint density at radius 3 is 2.03 bits per heavy atom. The molecule has 5 rings (SSSR count). The molecule has 0 unspecified atom stereocenters. The van der Waals surface area contributed by atoms with E-state index < -0.39 is 6.04 Å². The third kappa shape index (κ3) is 5.29. The van der Waals surface area contributed by atoms with Crippen molar-refractivity contribution < 1.29 is 9.59 Å². The summed E-state index contributed by atoms with van der Waals surface area (Å²) >= 11 is 0. The van der Waals surface area contributed by atoms with E-state index in [1.54, 1.807) is 0 Å². The Morgan fingerprint density at radius 2 is 1.52 bits per heavy atom. The molecule has 0 heterocycles. The van der Waals surface area contributed by atoms with Gasteiger partial charge in [-0.25, -0.2) is 0 Å². The predicted molar refractivity (Wildman–Crippen MR) is 132 cm³/mol. The van der Waals surface area contributed by atoms with E-state index in [0.717, 1.165) is 62.2 Å². The number of nitrogens with zero attached hydrogens (tertiary/aromatic N) is 1. The van der Waals surface area contributed by atoms with E-state index in [1.165, 1.54) is 24.8 Å². The summed E-state index contributed by atoms with van der Waals surface area (Å²) in [7, 11) is 0. The molecule has 0 spiro atoms. The number of benzene rings is 1. The van der Waals surface area contributed by atoms with Gasteiger partial charge < -0.3 is 10.6 Å². The molecule has 5 heteroatoms. The summed E-state index contributed by atoms with van der Waals surface area (Å²) in [5.41, 5.74) is 2.17. The summed E-state index contributed by atoms with van der Waals surface area (Å²) in [4.78, 5) is 29.1. The lowest BCUT2D eigenvalue weighted by Gasteiger charge is -2.55. The van der Waals surface area contributed by atoms with Crippen molar-refractivity contribution in [2.75, 3.05) is 13.1 Å². The van der Waals surface area contributed by atoms with E-state index in [1.807, 2.05) is 19.9 Å². The molecule has 0 radical (unpaired) electrons. The Morgan fingerprint density at radius 1 is 0.970 bits per heavy atom. The van der Waals surface area contributed by atoms with Crippen LogP contribution >= 0.6 is 0 Å². The van der Waals surface area contributed by atoms with Crippen molar-refractivity contribution in [2.24, 2.45) is 29.1 Å². The Labute approximate surface area is 200 Å². The second-order valence-electron chi connectivity index (χ2n) is 11.3. The second kappa shape index (κ2) is 10.2. The zero-order valence-corrected chi connectivity index (χ0v) is 21.0. The molecule has 4 aliphatic carbocycles. The quantitative estimate of drug-likeness (QED) is 0.548. The highest BCUT2D eigenvalue weighted by molar-refractivity contribution is 5.90. The van der Waals surface area contributed by atoms with Crippen LogP contribution in [-0.4, -0.2) is 35.8 Å². The predicted octanol–water partition coefficient (Wildman–Crippen LogP) is 4.50. The molecule has 4 saturated carbocycles. The summed E-state index contributed by atoms with van der Waals surface area (Å²) in [6, 6.07) is 7.85. The largest absolute Gasteiger partial charge is 0.350 e. The number of amides is 2. The van der Waals surface area contributed by atoms with Crippen LogP contribution in [0, 0.1) is 29.1 Å². The van der Waals surface area contributed by atoms with Gasteiger partial charge in [0.2, 0.25) is 11.8 Å². The molecular formula is C28H43N3O2. The van der Waals surface area contributed by atoms with Crippen LogP contribution in [0.1, 0.15) is 77.3 Å². The molecule has 182 valence electrons. The average molecular weight is 454 g/mol. The second-order valence-corrected chi connectivity index (χ2v) is 11.3. The molecule has 2 N–H and O–H groups in total. The van der Waals surface area contributed by atoms with E-state index in [2.05, 4.69) is 47.6 Å². The third-order valence-electron chi connectivity index (χ3n) is 8.62. The zero-order valence-electron chi connectivity index (χ0n) is 21.0. The van der Waals surface area contributed by atoms with Gasteiger partial charge in [0.05, 0.1) is 0 Å². The summed E-state index contributed by atoms with van der Waals surface area (Å²) in [5.74, 6) is 2.27. The fourth-order valence-electron chi connectivity index (χ4n) is 7.08. The summed E-state index contributed by atoms with van der Waals surface area (Å²) < 4.78 is 0. The number of hydrogen-bond acceptors (Lipinski definition) is 3. The van der Waals surface area contributed by atoms with E-state index in [4.69, 9.17) is 0 Å². The maximum Gasteiger partial charge on any atom is 0.243 e. The first-order chi connectivity index (χ1) is 15.8. The van der Waals surface area contributed by atoms with Crippen LogP contribution in [-0.2, 0) is 22.7 Å². The number of carbonyl (C=O) groups excluding carboxylic acids is 2. The van der Waals surface area contributed by atoms with Gasteiger partial charge in [-0.05, 0) is 86.4 Å². The van der Waals surface area contributed by atoms with Crippen molar-refractivity contribution in [2.45, 2.75) is 85.4 Å². The maximum atomic E-state index is 13.5. The van der Waals surface area contributed by atoms with Crippen LogP contribution in [0.15, 0.2) is 24.3 Å². The molecular weight excluding hydrogens is 410 g/mol. The van der Waals surface area contributed by atoms with Crippen molar-refractivity contribution in [1.29, 1.82) is 0 Å². The Kier molecular flexibility index (Phi) is 7.47. The molecule has 2 amide bonds. The summed E-state index contributed by atoms with van der Waals surface area (Å²) in [5, 5.41) is 6.35. The van der Waals surface area contributed by atoms with E-state index in [9.17, 15) is 9.59 Å². The Bertz CT molecular complexity index is 810. The topological polar surface area (TPSA) is 61.4 Å². The van der Waals surface area contributed by atoms with Gasteiger partial charge in [-0.15, -0.1) is 0 Å². The molecule has 4 fully saturated rings. The molecule has 4 aliphatic rings. The minimum Gasteiger partial charge on any atom is -0.350 e. The standard InChI is InChI=1S/C28H43N3O2/c1-5-31(6-2)18-24-10-8-7-9-23(24)17-29-26(32)25(19(3)4)30-27(33)28-14-20-11-21(15-28)13-22(12-20)16-28/h7-10,19-22,25H,5-6,11-18H2,1-4H3,(H,29,32)(H,30,33)/t20?,21?,22?,25-,28?/m1/s1. The minimum atomic E-state index is -0.486. The van der Waals surface area contributed by atoms with Crippen LogP contribution in [0.2, 0.25) is 0 Å². The van der Waals surface area contributed by atoms with Crippen LogP contribution in [0.3, 0.4) is 0 Å². The third-order valence-corrected chi connectivity index (χ3v) is 8.62. The molecule has 1 atom stereocenters. The van der Waals surface area contributed by atoms with Gasteiger partial charge in [0.25, 0.3) is 0 Å². The molecule has 1 aromatic rings. The molecule has 1 aromatic carbocycles. The van der Waals surface area contributed by atoms with E-state index in [0.29, 0.717) is 6.54 Å². The van der Waals surface area contributed by atoms with Gasteiger partial charge in [-0.3, -0.25) is 14.5 Å². The molecule has 33 heavy (non-hydrogen) atoms. The number of nitrogens with one attached hydrogen (secondary N) is 2. The van der Waals surface area contributed by atoms with Crippen molar-refractivity contribution in [1.82, 2.24) is 15.5 Å². The highest BCUT2D eigenvalue weighted by Crippen LogP contribution is 2.60. The monoisotopic (exact) mass is 453 g/mol. The zero-order chi connectivity index (χ0) is 23.6. The first-order valence-electron chi connectivity index (χ1n) is 13.2. The Balaban J connectivity index is 1.39.